The second-order valence-corrected chi connectivity index (χ2v) is 4.44. The van der Waals surface area contributed by atoms with Crippen molar-refractivity contribution < 1.29 is 0 Å². The van der Waals surface area contributed by atoms with E-state index in [-0.39, 0.29) is 0 Å². The van der Waals surface area contributed by atoms with E-state index in [1.54, 1.807) is 11.0 Å². The highest BCUT2D eigenvalue weighted by atomic mass is 15.5. The van der Waals surface area contributed by atoms with Crippen molar-refractivity contribution in [3.63, 3.8) is 0 Å². The maximum absolute atomic E-state index is 3.98. The van der Waals surface area contributed by atoms with E-state index in [0.29, 0.717) is 0 Å². The maximum atomic E-state index is 3.98. The Morgan fingerprint density at radius 3 is 2.65 bits per heavy atom. The molecule has 1 aliphatic rings. The van der Waals surface area contributed by atoms with E-state index in [0.717, 1.165) is 18.8 Å². The number of aromatic nitrogens is 4. The summed E-state index contributed by atoms with van der Waals surface area (Å²) >= 11 is 0. The first-order valence-corrected chi connectivity index (χ1v) is 5.93. The fourth-order valence-electron chi connectivity index (χ4n) is 2.31. The van der Waals surface area contributed by atoms with Gasteiger partial charge in [0.25, 0.3) is 0 Å². The monoisotopic (exact) mass is 229 g/mol. The lowest BCUT2D eigenvalue weighted by Gasteiger charge is -2.21. The van der Waals surface area contributed by atoms with Gasteiger partial charge in [0.15, 0.2) is 0 Å². The summed E-state index contributed by atoms with van der Waals surface area (Å²) in [5, 5.41) is 11.4. The number of aryl methyl sites for hydroxylation is 1. The average molecular weight is 229 g/mol. The first-order valence-electron chi connectivity index (χ1n) is 5.93. The molecule has 0 N–H and O–H groups in total. The Bertz CT molecular complexity index is 500. The maximum Gasteiger partial charge on any atom is 0.143 e. The van der Waals surface area contributed by atoms with E-state index >= 15 is 0 Å². The van der Waals surface area contributed by atoms with Gasteiger partial charge in [0, 0.05) is 13.1 Å². The lowest BCUT2D eigenvalue weighted by Crippen LogP contribution is -2.20. The number of anilines is 1. The highest BCUT2D eigenvalue weighted by Gasteiger charge is 2.17. The molecule has 5 heteroatoms. The molecule has 0 radical (unpaired) electrons. The summed E-state index contributed by atoms with van der Waals surface area (Å²) in [6.45, 7) is 4.36. The summed E-state index contributed by atoms with van der Waals surface area (Å²) in [7, 11) is 0. The van der Waals surface area contributed by atoms with Crippen LogP contribution in [0, 0.1) is 6.92 Å². The van der Waals surface area contributed by atoms with Gasteiger partial charge in [-0.05, 0) is 47.9 Å². The molecule has 0 saturated carbocycles. The van der Waals surface area contributed by atoms with Crippen molar-refractivity contribution >= 4 is 5.69 Å². The average Bonchev–Trinajstić information content (AvgIpc) is 3.02. The second kappa shape index (κ2) is 4.16. The predicted molar refractivity (Wildman–Crippen MR) is 65.3 cm³/mol. The highest BCUT2D eigenvalue weighted by Crippen LogP contribution is 2.27. The molecular formula is C12H15N5. The number of rotatable bonds is 2. The molecule has 1 fully saturated rings. The van der Waals surface area contributed by atoms with Crippen LogP contribution in [0.2, 0.25) is 0 Å². The molecular weight excluding hydrogens is 214 g/mol. The largest absolute Gasteiger partial charge is 0.370 e. The van der Waals surface area contributed by atoms with Crippen molar-refractivity contribution in [2.45, 2.75) is 19.8 Å². The van der Waals surface area contributed by atoms with Crippen LogP contribution < -0.4 is 4.90 Å². The van der Waals surface area contributed by atoms with E-state index in [1.165, 1.54) is 24.1 Å². The van der Waals surface area contributed by atoms with Crippen LogP contribution in [0.15, 0.2) is 24.5 Å². The summed E-state index contributed by atoms with van der Waals surface area (Å²) in [4.78, 5) is 2.41. The van der Waals surface area contributed by atoms with Gasteiger partial charge in [-0.1, -0.05) is 6.07 Å². The Labute approximate surface area is 100 Å². The Morgan fingerprint density at radius 2 is 1.94 bits per heavy atom. The van der Waals surface area contributed by atoms with Crippen LogP contribution in [0.4, 0.5) is 5.69 Å². The second-order valence-electron chi connectivity index (χ2n) is 4.44. The summed E-state index contributed by atoms with van der Waals surface area (Å²) in [5.74, 6) is 0. The van der Waals surface area contributed by atoms with E-state index in [4.69, 9.17) is 0 Å². The molecule has 0 amide bonds. The number of tetrazole rings is 1. The van der Waals surface area contributed by atoms with Crippen LogP contribution in [-0.4, -0.2) is 33.3 Å². The van der Waals surface area contributed by atoms with Crippen LogP contribution >= 0.6 is 0 Å². The molecule has 5 nitrogen and oxygen atoms in total. The molecule has 0 bridgehead atoms. The van der Waals surface area contributed by atoms with Gasteiger partial charge in [-0.2, -0.15) is 4.68 Å². The fourth-order valence-corrected chi connectivity index (χ4v) is 2.31. The van der Waals surface area contributed by atoms with Gasteiger partial charge in [-0.3, -0.25) is 0 Å². The predicted octanol–water partition coefficient (Wildman–Crippen LogP) is 1.57. The molecule has 1 aromatic carbocycles. The smallest absolute Gasteiger partial charge is 0.143 e. The third-order valence-corrected chi connectivity index (χ3v) is 3.17. The minimum Gasteiger partial charge on any atom is -0.370 e. The number of benzene rings is 1. The van der Waals surface area contributed by atoms with Crippen LogP contribution in [0.1, 0.15) is 18.4 Å². The molecule has 1 aliphatic heterocycles. The molecule has 1 aromatic heterocycles. The summed E-state index contributed by atoms with van der Waals surface area (Å²) in [5.41, 5.74) is 3.56. The van der Waals surface area contributed by atoms with Crippen molar-refractivity contribution in [2.75, 3.05) is 18.0 Å². The van der Waals surface area contributed by atoms with Crippen molar-refractivity contribution in [2.24, 2.45) is 0 Å². The van der Waals surface area contributed by atoms with Gasteiger partial charge in [-0.15, -0.1) is 5.10 Å². The molecule has 0 atom stereocenters. The number of nitrogens with zero attached hydrogens (tertiary/aromatic N) is 5. The normalized spacial score (nSPS) is 15.5. The Balaban J connectivity index is 2.07. The van der Waals surface area contributed by atoms with Gasteiger partial charge >= 0.3 is 0 Å². The zero-order chi connectivity index (χ0) is 11.7. The van der Waals surface area contributed by atoms with Gasteiger partial charge < -0.3 is 4.90 Å². The van der Waals surface area contributed by atoms with Gasteiger partial charge in [0.2, 0.25) is 0 Å². The highest BCUT2D eigenvalue weighted by molar-refractivity contribution is 5.64. The summed E-state index contributed by atoms with van der Waals surface area (Å²) in [6, 6.07) is 6.39. The van der Waals surface area contributed by atoms with Crippen LogP contribution in [-0.2, 0) is 0 Å². The van der Waals surface area contributed by atoms with Crippen molar-refractivity contribution in [1.82, 2.24) is 20.2 Å². The zero-order valence-electron chi connectivity index (χ0n) is 9.87. The zero-order valence-corrected chi connectivity index (χ0v) is 9.87. The topological polar surface area (TPSA) is 46.8 Å². The number of hydrogen-bond acceptors (Lipinski definition) is 4. The molecule has 2 aromatic rings. The standard InChI is InChI=1S/C12H15N5/c1-10-4-5-11(17-9-13-14-15-17)12(8-10)16-6-2-3-7-16/h4-5,8-9H,2-3,6-7H2,1H3. The fraction of sp³-hybridized carbons (Fsp3) is 0.417. The third kappa shape index (κ3) is 1.88. The molecule has 1 saturated heterocycles. The Morgan fingerprint density at radius 1 is 1.12 bits per heavy atom. The lowest BCUT2D eigenvalue weighted by molar-refractivity contribution is 0.783. The minimum atomic E-state index is 1.06. The molecule has 0 unspecified atom stereocenters. The van der Waals surface area contributed by atoms with Crippen LogP contribution in [0.5, 0.6) is 0 Å². The quantitative estimate of drug-likeness (QED) is 0.784. The summed E-state index contributed by atoms with van der Waals surface area (Å²) in [6.07, 6.45) is 4.18. The van der Waals surface area contributed by atoms with Crippen LogP contribution in [0.25, 0.3) is 5.69 Å². The molecule has 88 valence electrons. The molecule has 0 spiro atoms. The van der Waals surface area contributed by atoms with E-state index in [9.17, 15) is 0 Å². The Hall–Kier alpha value is -1.91. The van der Waals surface area contributed by atoms with Crippen LogP contribution in [0.3, 0.4) is 0 Å². The summed E-state index contributed by atoms with van der Waals surface area (Å²) < 4.78 is 1.73. The van der Waals surface area contributed by atoms with Gasteiger partial charge in [0.1, 0.15) is 6.33 Å². The van der Waals surface area contributed by atoms with Crippen molar-refractivity contribution in [1.29, 1.82) is 0 Å². The molecule has 17 heavy (non-hydrogen) atoms. The number of hydrogen-bond donors (Lipinski definition) is 0. The van der Waals surface area contributed by atoms with E-state index in [1.807, 2.05) is 0 Å². The van der Waals surface area contributed by atoms with E-state index < -0.39 is 0 Å². The van der Waals surface area contributed by atoms with E-state index in [2.05, 4.69) is 45.5 Å². The van der Waals surface area contributed by atoms with Crippen molar-refractivity contribution in [3.8, 4) is 5.69 Å². The minimum absolute atomic E-state index is 1.06. The van der Waals surface area contributed by atoms with Gasteiger partial charge in [-0.25, -0.2) is 0 Å². The first kappa shape index (κ1) is 10.3. The third-order valence-electron chi connectivity index (χ3n) is 3.17. The van der Waals surface area contributed by atoms with Crippen molar-refractivity contribution in [3.05, 3.63) is 30.1 Å². The molecule has 2 heterocycles. The SMILES string of the molecule is Cc1ccc(-n2cnnn2)c(N2CCCC2)c1. The lowest BCUT2D eigenvalue weighted by atomic mass is 10.2. The first-order chi connectivity index (χ1) is 8.34. The molecule has 0 aliphatic carbocycles. The molecule has 3 rings (SSSR count). The Kier molecular flexibility index (Phi) is 2.51. The van der Waals surface area contributed by atoms with Gasteiger partial charge in [0.05, 0.1) is 11.4 Å².